The number of aromatic nitrogens is 1. The van der Waals surface area contributed by atoms with E-state index in [1.54, 1.807) is 31.5 Å². The Hall–Kier alpha value is -2.66. The van der Waals surface area contributed by atoms with Crippen LogP contribution in [0.3, 0.4) is 0 Å². The number of hydrogen-bond acceptors (Lipinski definition) is 5. The molecule has 0 saturated carbocycles. The molecule has 3 aromatic rings. The number of benzene rings is 1. The van der Waals surface area contributed by atoms with Crippen LogP contribution in [0.1, 0.15) is 11.3 Å². The Labute approximate surface area is 133 Å². The highest BCUT2D eigenvalue weighted by atomic mass is 16.5. The number of fused-ring (bicyclic) bond motifs is 1. The third-order valence-electron chi connectivity index (χ3n) is 3.65. The molecule has 1 N–H and O–H groups in total. The summed E-state index contributed by atoms with van der Waals surface area (Å²) < 4.78 is 10.7. The summed E-state index contributed by atoms with van der Waals surface area (Å²) in [7, 11) is 1.58. The van der Waals surface area contributed by atoms with Crippen LogP contribution >= 0.6 is 0 Å². The van der Waals surface area contributed by atoms with Gasteiger partial charge in [0, 0.05) is 37.0 Å². The van der Waals surface area contributed by atoms with E-state index in [4.69, 9.17) is 9.15 Å². The van der Waals surface area contributed by atoms with Crippen LogP contribution in [-0.2, 0) is 13.0 Å². The summed E-state index contributed by atoms with van der Waals surface area (Å²) in [5.74, 6) is 0.644. The van der Waals surface area contributed by atoms with Crippen molar-refractivity contribution in [2.24, 2.45) is 0 Å². The van der Waals surface area contributed by atoms with Crippen molar-refractivity contribution >= 4 is 11.0 Å². The minimum absolute atomic E-state index is 0.0320. The van der Waals surface area contributed by atoms with Crippen molar-refractivity contribution in [1.82, 2.24) is 10.3 Å². The van der Waals surface area contributed by atoms with Crippen LogP contribution < -0.4 is 15.5 Å². The Morgan fingerprint density at radius 2 is 2.17 bits per heavy atom. The molecule has 5 nitrogen and oxygen atoms in total. The fraction of sp³-hybridized carbons (Fsp3) is 0.222. The molecule has 0 aliphatic heterocycles. The first-order valence-electron chi connectivity index (χ1n) is 7.47. The number of nitrogens with one attached hydrogen (secondary N) is 1. The van der Waals surface area contributed by atoms with Crippen LogP contribution in [0.15, 0.2) is 58.1 Å². The number of rotatable bonds is 6. The highest BCUT2D eigenvalue weighted by Gasteiger charge is 2.08. The van der Waals surface area contributed by atoms with E-state index >= 15 is 0 Å². The van der Waals surface area contributed by atoms with Gasteiger partial charge in [0.1, 0.15) is 11.3 Å². The Balaban J connectivity index is 1.68. The van der Waals surface area contributed by atoms with Crippen molar-refractivity contribution in [3.05, 3.63) is 70.3 Å². The van der Waals surface area contributed by atoms with Gasteiger partial charge in [-0.15, -0.1) is 0 Å². The smallest absolute Gasteiger partial charge is 0.197 e. The van der Waals surface area contributed by atoms with E-state index in [-0.39, 0.29) is 5.43 Å². The Morgan fingerprint density at radius 3 is 2.96 bits per heavy atom. The molecular weight excluding hydrogens is 292 g/mol. The molecule has 5 heteroatoms. The summed E-state index contributed by atoms with van der Waals surface area (Å²) in [5.41, 5.74) is 2.16. The van der Waals surface area contributed by atoms with E-state index in [9.17, 15) is 4.79 Å². The molecule has 0 unspecified atom stereocenters. The van der Waals surface area contributed by atoms with Crippen molar-refractivity contribution in [1.29, 1.82) is 0 Å². The van der Waals surface area contributed by atoms with Crippen LogP contribution in [-0.4, -0.2) is 18.6 Å². The summed E-state index contributed by atoms with van der Waals surface area (Å²) in [6.45, 7) is 1.20. The van der Waals surface area contributed by atoms with Crippen molar-refractivity contribution in [3.63, 3.8) is 0 Å². The van der Waals surface area contributed by atoms with Gasteiger partial charge in [0.15, 0.2) is 5.43 Å². The Kier molecular flexibility index (Phi) is 4.68. The van der Waals surface area contributed by atoms with Crippen molar-refractivity contribution in [3.8, 4) is 5.75 Å². The quantitative estimate of drug-likeness (QED) is 0.709. The zero-order valence-corrected chi connectivity index (χ0v) is 12.9. The van der Waals surface area contributed by atoms with E-state index in [0.717, 1.165) is 18.7 Å². The summed E-state index contributed by atoms with van der Waals surface area (Å²) in [6, 6.07) is 11.1. The van der Waals surface area contributed by atoms with Gasteiger partial charge in [0.05, 0.1) is 18.8 Å². The highest BCUT2D eigenvalue weighted by Crippen LogP contribution is 2.18. The van der Waals surface area contributed by atoms with E-state index in [1.165, 1.54) is 6.26 Å². The Bertz CT molecular complexity index is 844. The average molecular weight is 310 g/mol. The molecule has 0 fully saturated rings. The van der Waals surface area contributed by atoms with Gasteiger partial charge in [-0.3, -0.25) is 9.78 Å². The number of nitrogens with zero attached hydrogens (tertiary/aromatic N) is 1. The molecule has 118 valence electrons. The van der Waals surface area contributed by atoms with Gasteiger partial charge in [-0.25, -0.2) is 0 Å². The van der Waals surface area contributed by atoms with Crippen molar-refractivity contribution < 1.29 is 9.15 Å². The minimum atomic E-state index is -0.0320. The average Bonchev–Trinajstić information content (AvgIpc) is 2.61. The first kappa shape index (κ1) is 15.2. The van der Waals surface area contributed by atoms with Crippen molar-refractivity contribution in [2.45, 2.75) is 13.0 Å². The van der Waals surface area contributed by atoms with Crippen LogP contribution in [0.5, 0.6) is 5.75 Å². The first-order chi connectivity index (χ1) is 11.3. The lowest BCUT2D eigenvalue weighted by Gasteiger charge is -2.06. The van der Waals surface area contributed by atoms with Crippen LogP contribution in [0.4, 0.5) is 0 Å². The molecular formula is C18H18N2O3. The standard InChI is InChI=1S/C18H18N2O3/c1-22-15-5-6-17-16(10-15)18(21)13(12-23-17)11-19-9-7-14-4-2-3-8-20-14/h2-6,8,10,12,19H,7,9,11H2,1H3. The second-order valence-corrected chi connectivity index (χ2v) is 5.20. The van der Waals surface area contributed by atoms with Gasteiger partial charge in [-0.05, 0) is 30.3 Å². The maximum absolute atomic E-state index is 12.5. The third-order valence-corrected chi connectivity index (χ3v) is 3.65. The Morgan fingerprint density at radius 1 is 1.26 bits per heavy atom. The topological polar surface area (TPSA) is 64.4 Å². The second kappa shape index (κ2) is 7.07. The lowest BCUT2D eigenvalue weighted by Crippen LogP contribution is -2.21. The lowest BCUT2D eigenvalue weighted by molar-refractivity contribution is 0.415. The molecule has 0 aliphatic carbocycles. The molecule has 0 saturated heterocycles. The molecule has 0 radical (unpaired) electrons. The van der Waals surface area contributed by atoms with Gasteiger partial charge in [0.25, 0.3) is 0 Å². The maximum atomic E-state index is 12.5. The van der Waals surface area contributed by atoms with E-state index in [1.807, 2.05) is 18.2 Å². The lowest BCUT2D eigenvalue weighted by atomic mass is 10.1. The first-order valence-corrected chi connectivity index (χ1v) is 7.47. The molecule has 0 spiro atoms. The highest BCUT2D eigenvalue weighted by molar-refractivity contribution is 5.78. The van der Waals surface area contributed by atoms with Crippen LogP contribution in [0.2, 0.25) is 0 Å². The van der Waals surface area contributed by atoms with Crippen molar-refractivity contribution in [2.75, 3.05) is 13.7 Å². The molecule has 3 rings (SSSR count). The number of ether oxygens (including phenoxy) is 1. The summed E-state index contributed by atoms with van der Waals surface area (Å²) >= 11 is 0. The van der Waals surface area contributed by atoms with E-state index in [2.05, 4.69) is 10.3 Å². The molecule has 2 heterocycles. The molecule has 23 heavy (non-hydrogen) atoms. The van der Waals surface area contributed by atoms with Gasteiger partial charge in [0.2, 0.25) is 0 Å². The fourth-order valence-electron chi connectivity index (χ4n) is 2.38. The number of methoxy groups -OCH3 is 1. The summed E-state index contributed by atoms with van der Waals surface area (Å²) in [5, 5.41) is 3.79. The predicted octanol–water partition coefficient (Wildman–Crippen LogP) is 2.53. The molecule has 0 atom stereocenters. The summed E-state index contributed by atoms with van der Waals surface area (Å²) in [4.78, 5) is 16.8. The monoisotopic (exact) mass is 310 g/mol. The largest absolute Gasteiger partial charge is 0.497 e. The molecule has 0 aliphatic rings. The van der Waals surface area contributed by atoms with Gasteiger partial charge < -0.3 is 14.5 Å². The van der Waals surface area contributed by atoms with Gasteiger partial charge in [-0.1, -0.05) is 6.07 Å². The normalized spacial score (nSPS) is 10.8. The van der Waals surface area contributed by atoms with E-state index < -0.39 is 0 Å². The number of hydrogen-bond donors (Lipinski definition) is 1. The van der Waals surface area contributed by atoms with Gasteiger partial charge in [-0.2, -0.15) is 0 Å². The minimum Gasteiger partial charge on any atom is -0.497 e. The zero-order chi connectivity index (χ0) is 16.1. The predicted molar refractivity (Wildman–Crippen MR) is 88.7 cm³/mol. The van der Waals surface area contributed by atoms with Crippen LogP contribution in [0, 0.1) is 0 Å². The summed E-state index contributed by atoms with van der Waals surface area (Å²) in [6.07, 6.45) is 4.11. The SMILES string of the molecule is COc1ccc2occ(CNCCc3ccccn3)c(=O)c2c1. The fourth-order valence-corrected chi connectivity index (χ4v) is 2.38. The molecule has 1 aromatic carbocycles. The molecule has 0 amide bonds. The van der Waals surface area contributed by atoms with Crippen LogP contribution in [0.25, 0.3) is 11.0 Å². The maximum Gasteiger partial charge on any atom is 0.197 e. The zero-order valence-electron chi connectivity index (χ0n) is 12.9. The second-order valence-electron chi connectivity index (χ2n) is 5.20. The third kappa shape index (κ3) is 3.57. The van der Waals surface area contributed by atoms with Gasteiger partial charge >= 0.3 is 0 Å². The van der Waals surface area contributed by atoms with E-state index in [0.29, 0.717) is 28.8 Å². The molecule has 0 bridgehead atoms. The number of pyridine rings is 1. The molecule has 2 aromatic heterocycles.